The smallest absolute Gasteiger partial charge is 0.355 e. The minimum Gasteiger partial charge on any atom is -0.422 e. The van der Waals surface area contributed by atoms with Crippen LogP contribution >= 0.6 is 15.9 Å². The van der Waals surface area contributed by atoms with Gasteiger partial charge in [0.15, 0.2) is 4.90 Å². The topological polar surface area (TPSA) is 64.3 Å². The van der Waals surface area contributed by atoms with Gasteiger partial charge in [-0.25, -0.2) is 17.6 Å². The molecular formula is C15H8BrFO4S. The predicted molar refractivity (Wildman–Crippen MR) is 82.0 cm³/mol. The minimum absolute atomic E-state index is 0.0428. The van der Waals surface area contributed by atoms with Crippen LogP contribution in [0.4, 0.5) is 4.39 Å². The van der Waals surface area contributed by atoms with Crippen molar-refractivity contribution >= 4 is 36.7 Å². The summed E-state index contributed by atoms with van der Waals surface area (Å²) in [7, 11) is -4.04. The fourth-order valence-electron chi connectivity index (χ4n) is 2.00. The van der Waals surface area contributed by atoms with Gasteiger partial charge in [-0.2, -0.15) is 0 Å². The van der Waals surface area contributed by atoms with Crippen LogP contribution in [-0.4, -0.2) is 8.42 Å². The summed E-state index contributed by atoms with van der Waals surface area (Å²) in [5.74, 6) is -0.548. The molecule has 0 N–H and O–H groups in total. The van der Waals surface area contributed by atoms with Crippen LogP contribution < -0.4 is 5.63 Å². The molecule has 3 rings (SSSR count). The molecular weight excluding hydrogens is 375 g/mol. The van der Waals surface area contributed by atoms with E-state index in [1.54, 1.807) is 12.1 Å². The zero-order valence-corrected chi connectivity index (χ0v) is 13.3. The molecule has 112 valence electrons. The molecule has 0 aliphatic carbocycles. The van der Waals surface area contributed by atoms with Crippen LogP contribution in [0.5, 0.6) is 0 Å². The zero-order chi connectivity index (χ0) is 15.9. The Hall–Kier alpha value is -1.99. The van der Waals surface area contributed by atoms with Crippen molar-refractivity contribution in [3.63, 3.8) is 0 Å². The average molecular weight is 383 g/mol. The lowest BCUT2D eigenvalue weighted by Crippen LogP contribution is -2.14. The third-order valence-electron chi connectivity index (χ3n) is 3.08. The van der Waals surface area contributed by atoms with E-state index in [4.69, 9.17) is 4.42 Å². The first-order chi connectivity index (χ1) is 10.4. The second kappa shape index (κ2) is 5.33. The van der Waals surface area contributed by atoms with Crippen LogP contribution in [0.2, 0.25) is 0 Å². The van der Waals surface area contributed by atoms with E-state index in [9.17, 15) is 17.6 Å². The van der Waals surface area contributed by atoms with Crippen LogP contribution in [0, 0.1) is 5.82 Å². The van der Waals surface area contributed by atoms with Crippen molar-refractivity contribution in [3.05, 3.63) is 69.2 Å². The number of rotatable bonds is 2. The molecule has 0 atom stereocenters. The predicted octanol–water partition coefficient (Wildman–Crippen LogP) is 3.53. The summed E-state index contributed by atoms with van der Waals surface area (Å²) in [5.41, 5.74) is -0.858. The van der Waals surface area contributed by atoms with Gasteiger partial charge < -0.3 is 4.42 Å². The van der Waals surface area contributed by atoms with E-state index in [1.165, 1.54) is 18.2 Å². The highest BCUT2D eigenvalue weighted by Crippen LogP contribution is 2.23. The molecule has 0 aliphatic heterocycles. The molecule has 22 heavy (non-hydrogen) atoms. The maximum atomic E-state index is 13.3. The molecule has 0 radical (unpaired) electrons. The summed E-state index contributed by atoms with van der Waals surface area (Å²) >= 11 is 3.21. The van der Waals surface area contributed by atoms with Crippen LogP contribution in [0.1, 0.15) is 0 Å². The Labute approximate surface area is 133 Å². The minimum atomic E-state index is -4.04. The lowest BCUT2D eigenvalue weighted by molar-refractivity contribution is 0.531. The van der Waals surface area contributed by atoms with Crippen molar-refractivity contribution < 1.29 is 17.2 Å². The second-order valence-electron chi connectivity index (χ2n) is 4.54. The number of hydrogen-bond donors (Lipinski definition) is 0. The largest absolute Gasteiger partial charge is 0.422 e. The van der Waals surface area contributed by atoms with Gasteiger partial charge in [0.05, 0.1) is 4.90 Å². The SMILES string of the molecule is O=c1oc2ccc(F)cc2cc1S(=O)(=O)c1ccc(Br)cc1. The van der Waals surface area contributed by atoms with E-state index in [0.29, 0.717) is 4.47 Å². The van der Waals surface area contributed by atoms with E-state index in [-0.39, 0.29) is 15.9 Å². The Morgan fingerprint density at radius 3 is 2.36 bits per heavy atom. The molecule has 0 saturated carbocycles. The Balaban J connectivity index is 2.26. The molecule has 4 nitrogen and oxygen atoms in total. The Morgan fingerprint density at radius 1 is 1.00 bits per heavy atom. The highest BCUT2D eigenvalue weighted by molar-refractivity contribution is 9.10. The molecule has 0 unspecified atom stereocenters. The van der Waals surface area contributed by atoms with Crippen molar-refractivity contribution in [2.75, 3.05) is 0 Å². The fourth-order valence-corrected chi connectivity index (χ4v) is 3.56. The average Bonchev–Trinajstić information content (AvgIpc) is 2.47. The summed E-state index contributed by atoms with van der Waals surface area (Å²) in [6.07, 6.45) is 0. The molecule has 1 aromatic heterocycles. The van der Waals surface area contributed by atoms with Crippen LogP contribution in [0.15, 0.2) is 72.0 Å². The number of hydrogen-bond acceptors (Lipinski definition) is 4. The highest BCUT2D eigenvalue weighted by Gasteiger charge is 2.23. The maximum Gasteiger partial charge on any atom is 0.355 e. The number of benzene rings is 2. The van der Waals surface area contributed by atoms with E-state index < -0.39 is 26.2 Å². The molecule has 0 fully saturated rings. The van der Waals surface area contributed by atoms with Gasteiger partial charge in [-0.05, 0) is 48.5 Å². The molecule has 0 aliphatic rings. The van der Waals surface area contributed by atoms with E-state index >= 15 is 0 Å². The highest BCUT2D eigenvalue weighted by atomic mass is 79.9. The van der Waals surface area contributed by atoms with Gasteiger partial charge in [-0.15, -0.1) is 0 Å². The van der Waals surface area contributed by atoms with Crippen molar-refractivity contribution in [3.8, 4) is 0 Å². The van der Waals surface area contributed by atoms with E-state index in [0.717, 1.165) is 18.2 Å². The van der Waals surface area contributed by atoms with Gasteiger partial charge >= 0.3 is 5.63 Å². The third kappa shape index (κ3) is 2.57. The molecule has 0 amide bonds. The molecule has 7 heteroatoms. The van der Waals surface area contributed by atoms with Gasteiger partial charge in [-0.1, -0.05) is 15.9 Å². The lowest BCUT2D eigenvalue weighted by Gasteiger charge is -2.05. The first kappa shape index (κ1) is 14.9. The first-order valence-corrected chi connectivity index (χ1v) is 8.39. The zero-order valence-electron chi connectivity index (χ0n) is 10.9. The molecule has 0 saturated heterocycles. The summed E-state index contributed by atoms with van der Waals surface area (Å²) in [5, 5.41) is 0.204. The standard InChI is InChI=1S/C15H8BrFO4S/c16-10-1-4-12(5-2-10)22(19,20)14-8-9-7-11(17)3-6-13(9)21-15(14)18/h1-8H. The van der Waals surface area contributed by atoms with Crippen LogP contribution in [-0.2, 0) is 9.84 Å². The summed E-state index contributed by atoms with van der Waals surface area (Å²) in [6, 6.07) is 10.5. The Kier molecular flexibility index (Phi) is 3.62. The van der Waals surface area contributed by atoms with Gasteiger partial charge in [0.2, 0.25) is 9.84 Å². The maximum absolute atomic E-state index is 13.3. The third-order valence-corrected chi connectivity index (χ3v) is 5.36. The quantitative estimate of drug-likeness (QED) is 0.636. The normalized spacial score (nSPS) is 11.7. The van der Waals surface area contributed by atoms with Crippen molar-refractivity contribution in [1.82, 2.24) is 0 Å². The van der Waals surface area contributed by atoms with Gasteiger partial charge in [0, 0.05) is 9.86 Å². The summed E-state index contributed by atoms with van der Waals surface area (Å²) in [4.78, 5) is 11.4. The van der Waals surface area contributed by atoms with Crippen molar-refractivity contribution in [2.45, 2.75) is 9.79 Å². The number of sulfone groups is 1. The van der Waals surface area contributed by atoms with Crippen LogP contribution in [0.25, 0.3) is 11.0 Å². The molecule has 3 aromatic rings. The monoisotopic (exact) mass is 382 g/mol. The van der Waals surface area contributed by atoms with Crippen molar-refractivity contribution in [2.24, 2.45) is 0 Å². The lowest BCUT2D eigenvalue weighted by atomic mass is 10.2. The van der Waals surface area contributed by atoms with Crippen molar-refractivity contribution in [1.29, 1.82) is 0 Å². The van der Waals surface area contributed by atoms with E-state index in [2.05, 4.69) is 15.9 Å². The Bertz CT molecular complexity index is 1020. The second-order valence-corrected chi connectivity index (χ2v) is 7.37. The summed E-state index contributed by atoms with van der Waals surface area (Å²) < 4.78 is 44.0. The molecule has 2 aromatic carbocycles. The van der Waals surface area contributed by atoms with Gasteiger partial charge in [0.1, 0.15) is 11.4 Å². The molecule has 1 heterocycles. The molecule has 0 bridgehead atoms. The van der Waals surface area contributed by atoms with Gasteiger partial charge in [-0.3, -0.25) is 0 Å². The summed E-state index contributed by atoms with van der Waals surface area (Å²) in [6.45, 7) is 0. The first-order valence-electron chi connectivity index (χ1n) is 6.12. The number of fused-ring (bicyclic) bond motifs is 1. The van der Waals surface area contributed by atoms with Crippen LogP contribution in [0.3, 0.4) is 0 Å². The van der Waals surface area contributed by atoms with E-state index in [1.807, 2.05) is 0 Å². The van der Waals surface area contributed by atoms with Gasteiger partial charge in [0.25, 0.3) is 0 Å². The fraction of sp³-hybridized carbons (Fsp3) is 0. The molecule has 0 spiro atoms. The Morgan fingerprint density at radius 2 is 1.68 bits per heavy atom. The number of halogens is 2.